The summed E-state index contributed by atoms with van der Waals surface area (Å²) in [5.41, 5.74) is 1.25. The number of carboxylic acids is 3. The van der Waals surface area contributed by atoms with E-state index in [-0.39, 0.29) is 13.2 Å². The zero-order valence-electron chi connectivity index (χ0n) is 18.2. The van der Waals surface area contributed by atoms with Crippen molar-refractivity contribution in [3.8, 4) is 0 Å². The number of aliphatic hydroxyl groups excluding tert-OH is 2. The van der Waals surface area contributed by atoms with Gasteiger partial charge in [-0.15, -0.1) is 6.58 Å². The van der Waals surface area contributed by atoms with E-state index in [2.05, 4.69) is 19.7 Å². The summed E-state index contributed by atoms with van der Waals surface area (Å²) in [5, 5.41) is 40.7. The van der Waals surface area contributed by atoms with Gasteiger partial charge >= 0.3 is 17.9 Å². The Labute approximate surface area is 189 Å². The molecule has 0 atom stereocenters. The highest BCUT2D eigenvalue weighted by molar-refractivity contribution is 5.92. The van der Waals surface area contributed by atoms with Gasteiger partial charge in [-0.3, -0.25) is 0 Å². The first-order valence-corrected chi connectivity index (χ1v) is 9.72. The van der Waals surface area contributed by atoms with Crippen molar-refractivity contribution in [2.75, 3.05) is 13.2 Å². The van der Waals surface area contributed by atoms with Crippen molar-refractivity contribution in [2.45, 2.75) is 32.1 Å². The van der Waals surface area contributed by atoms with Gasteiger partial charge in [0.2, 0.25) is 0 Å². The fraction of sp³-hybridized carbons (Fsp3) is 0.292. The monoisotopic (exact) mass is 450 g/mol. The summed E-state index contributed by atoms with van der Waals surface area (Å²) in [6, 6.07) is 9.38. The van der Waals surface area contributed by atoms with E-state index in [9.17, 15) is 14.4 Å². The molecular formula is C24H34O8. The van der Waals surface area contributed by atoms with Crippen LogP contribution in [-0.2, 0) is 14.4 Å². The van der Waals surface area contributed by atoms with Crippen LogP contribution >= 0.6 is 0 Å². The third-order valence-corrected chi connectivity index (χ3v) is 3.19. The van der Waals surface area contributed by atoms with Crippen molar-refractivity contribution in [3.05, 3.63) is 79.4 Å². The maximum absolute atomic E-state index is 10.8. The SMILES string of the molecule is C=CC(=O)O.C=CC(=O)O.C=CCC(=Cc1ccccc1)C(=O)O.OCCCCCCO. The average molecular weight is 451 g/mol. The highest BCUT2D eigenvalue weighted by atomic mass is 16.4. The smallest absolute Gasteiger partial charge is 0.331 e. The Bertz CT molecular complexity index is 669. The number of benzene rings is 1. The maximum atomic E-state index is 10.8. The van der Waals surface area contributed by atoms with E-state index in [0.29, 0.717) is 12.0 Å². The van der Waals surface area contributed by atoms with E-state index >= 15 is 0 Å². The van der Waals surface area contributed by atoms with E-state index in [1.807, 2.05) is 30.3 Å². The minimum absolute atomic E-state index is 0.283. The number of carbonyl (C=O) groups is 3. The Morgan fingerprint density at radius 2 is 1.16 bits per heavy atom. The van der Waals surface area contributed by atoms with Crippen LogP contribution in [0.4, 0.5) is 0 Å². The molecule has 0 saturated heterocycles. The lowest BCUT2D eigenvalue weighted by molar-refractivity contribution is -0.133. The quantitative estimate of drug-likeness (QED) is 0.194. The Hall–Kier alpha value is -3.49. The molecule has 1 rings (SSSR count). The predicted octanol–water partition coefficient (Wildman–Crippen LogP) is 3.78. The molecule has 5 N–H and O–H groups in total. The van der Waals surface area contributed by atoms with Gasteiger partial charge in [0.25, 0.3) is 0 Å². The Morgan fingerprint density at radius 1 is 0.750 bits per heavy atom. The third kappa shape index (κ3) is 28.7. The van der Waals surface area contributed by atoms with E-state index < -0.39 is 17.9 Å². The molecule has 8 heteroatoms. The summed E-state index contributed by atoms with van der Waals surface area (Å²) in [6.45, 7) is 10.0. The minimum Gasteiger partial charge on any atom is -0.478 e. The van der Waals surface area contributed by atoms with Gasteiger partial charge < -0.3 is 25.5 Å². The molecule has 0 aliphatic rings. The first kappa shape index (κ1) is 33.2. The number of rotatable bonds is 11. The molecule has 0 aromatic heterocycles. The lowest BCUT2D eigenvalue weighted by atomic mass is 10.1. The van der Waals surface area contributed by atoms with Crippen molar-refractivity contribution in [1.29, 1.82) is 0 Å². The first-order chi connectivity index (χ1) is 15.2. The van der Waals surface area contributed by atoms with Gasteiger partial charge in [-0.25, -0.2) is 14.4 Å². The molecule has 0 aliphatic carbocycles. The van der Waals surface area contributed by atoms with E-state index in [1.54, 1.807) is 12.2 Å². The Morgan fingerprint density at radius 3 is 1.44 bits per heavy atom. The molecular weight excluding hydrogens is 416 g/mol. The van der Waals surface area contributed by atoms with Crippen LogP contribution in [0.1, 0.15) is 37.7 Å². The largest absolute Gasteiger partial charge is 0.478 e. The van der Waals surface area contributed by atoms with Crippen LogP contribution in [0.5, 0.6) is 0 Å². The van der Waals surface area contributed by atoms with E-state index in [4.69, 9.17) is 25.5 Å². The molecule has 0 spiro atoms. The minimum atomic E-state index is -0.981. The fourth-order valence-electron chi connectivity index (χ4n) is 1.69. The van der Waals surface area contributed by atoms with Gasteiger partial charge in [-0.05, 0) is 30.9 Å². The summed E-state index contributed by atoms with van der Waals surface area (Å²) in [4.78, 5) is 29.3. The van der Waals surface area contributed by atoms with Crippen LogP contribution in [0.15, 0.2) is 73.9 Å². The number of aliphatic hydroxyl groups is 2. The van der Waals surface area contributed by atoms with Crippen molar-refractivity contribution >= 4 is 24.0 Å². The van der Waals surface area contributed by atoms with Crippen LogP contribution in [-0.4, -0.2) is 56.7 Å². The van der Waals surface area contributed by atoms with Gasteiger partial charge in [-0.2, -0.15) is 0 Å². The first-order valence-electron chi connectivity index (χ1n) is 9.72. The Balaban J connectivity index is -0.000000396. The number of hydrogen-bond donors (Lipinski definition) is 5. The van der Waals surface area contributed by atoms with Crippen molar-refractivity contribution < 1.29 is 39.9 Å². The normalized spacial score (nSPS) is 9.25. The lowest BCUT2D eigenvalue weighted by Crippen LogP contribution is -1.98. The molecule has 0 radical (unpaired) electrons. The summed E-state index contributed by atoms with van der Waals surface area (Å²) >= 11 is 0. The molecule has 0 bridgehead atoms. The standard InChI is InChI=1S/C12H12O2.C6H14O2.2C3H4O2/c1-2-6-11(12(13)14)9-10-7-4-3-5-8-10;7-5-3-1-2-4-6-8;2*1-2-3(4)5/h2-5,7-9H,1,6H2,(H,13,14);7-8H,1-6H2;2*2H,1H2,(H,4,5). The highest BCUT2D eigenvalue weighted by Gasteiger charge is 2.04. The van der Waals surface area contributed by atoms with Gasteiger partial charge in [0.05, 0.1) is 0 Å². The van der Waals surface area contributed by atoms with Crippen LogP contribution in [0.3, 0.4) is 0 Å². The molecule has 178 valence electrons. The molecule has 1 aromatic carbocycles. The summed E-state index contributed by atoms with van der Waals surface area (Å²) in [6.07, 6.45) is 9.12. The molecule has 0 heterocycles. The molecule has 32 heavy (non-hydrogen) atoms. The lowest BCUT2D eigenvalue weighted by Gasteiger charge is -1.98. The molecule has 0 amide bonds. The van der Waals surface area contributed by atoms with Crippen molar-refractivity contribution in [1.82, 2.24) is 0 Å². The second-order valence-electron chi connectivity index (χ2n) is 5.82. The number of aliphatic carboxylic acids is 3. The van der Waals surface area contributed by atoms with Crippen LogP contribution < -0.4 is 0 Å². The zero-order valence-corrected chi connectivity index (χ0v) is 18.2. The number of hydrogen-bond acceptors (Lipinski definition) is 5. The molecule has 1 aromatic rings. The molecule has 0 aliphatic heterocycles. The van der Waals surface area contributed by atoms with Crippen LogP contribution in [0, 0.1) is 0 Å². The molecule has 8 nitrogen and oxygen atoms in total. The van der Waals surface area contributed by atoms with Crippen LogP contribution in [0.25, 0.3) is 6.08 Å². The zero-order chi connectivity index (χ0) is 25.2. The van der Waals surface area contributed by atoms with Gasteiger partial charge in [0.1, 0.15) is 0 Å². The van der Waals surface area contributed by atoms with Crippen molar-refractivity contribution in [3.63, 3.8) is 0 Å². The Kier molecular flexibility index (Phi) is 26.5. The fourth-order valence-corrected chi connectivity index (χ4v) is 1.69. The number of carboxylic acid groups (broad SMARTS) is 3. The van der Waals surface area contributed by atoms with Crippen molar-refractivity contribution in [2.24, 2.45) is 0 Å². The van der Waals surface area contributed by atoms with Gasteiger partial charge in [-0.1, -0.05) is 62.4 Å². The van der Waals surface area contributed by atoms with Gasteiger partial charge in [0.15, 0.2) is 0 Å². The second kappa shape index (κ2) is 25.5. The number of unbranched alkanes of at least 4 members (excludes halogenated alkanes) is 3. The number of allylic oxidation sites excluding steroid dienone is 1. The van der Waals surface area contributed by atoms with E-state index in [0.717, 1.165) is 43.4 Å². The summed E-state index contributed by atoms with van der Waals surface area (Å²) < 4.78 is 0. The third-order valence-electron chi connectivity index (χ3n) is 3.19. The highest BCUT2D eigenvalue weighted by Crippen LogP contribution is 2.10. The van der Waals surface area contributed by atoms with E-state index in [1.165, 1.54) is 0 Å². The average Bonchev–Trinajstić information content (AvgIpc) is 2.78. The predicted molar refractivity (Wildman–Crippen MR) is 125 cm³/mol. The summed E-state index contributed by atoms with van der Waals surface area (Å²) in [5.74, 6) is -2.86. The van der Waals surface area contributed by atoms with Gasteiger partial charge in [0, 0.05) is 30.9 Å². The second-order valence-corrected chi connectivity index (χ2v) is 5.82. The summed E-state index contributed by atoms with van der Waals surface area (Å²) in [7, 11) is 0. The molecule has 0 fully saturated rings. The van der Waals surface area contributed by atoms with Crippen LogP contribution in [0.2, 0.25) is 0 Å². The topological polar surface area (TPSA) is 152 Å². The molecule has 0 saturated carbocycles. The molecule has 0 unspecified atom stereocenters. The maximum Gasteiger partial charge on any atom is 0.331 e.